The Morgan fingerprint density at radius 3 is 2.40 bits per heavy atom. The molecule has 4 heteroatoms. The van der Waals surface area contributed by atoms with E-state index in [9.17, 15) is 0 Å². The average Bonchev–Trinajstić information content (AvgIpc) is 2.44. The van der Waals surface area contributed by atoms with Crippen LogP contribution in [-0.4, -0.2) is 23.1 Å². The molecule has 1 aliphatic rings. The van der Waals surface area contributed by atoms with E-state index >= 15 is 0 Å². The Bertz CT molecular complexity index is 465. The lowest BCUT2D eigenvalue weighted by atomic mass is 9.78. The van der Waals surface area contributed by atoms with Crippen molar-refractivity contribution in [2.45, 2.75) is 59.8 Å². The van der Waals surface area contributed by atoms with Gasteiger partial charge in [-0.15, -0.1) is 0 Å². The van der Waals surface area contributed by atoms with E-state index in [-0.39, 0.29) is 0 Å². The molecule has 0 unspecified atom stereocenters. The molecule has 1 aliphatic heterocycles. The monoisotopic (exact) mass is 295 g/mol. The standard InChI is InChI=1S/C16H26ClN3/c1-5-7-13-18-14(17)12(3)15(19-13)20-10-8-16(4,6-2)9-11-20/h5-11H2,1-4H3. The summed E-state index contributed by atoms with van der Waals surface area (Å²) in [6, 6.07) is 0. The molecule has 2 heterocycles. The molecule has 0 saturated carbocycles. The third kappa shape index (κ3) is 3.25. The maximum absolute atomic E-state index is 6.28. The first-order valence-electron chi connectivity index (χ1n) is 7.77. The molecule has 0 bridgehead atoms. The largest absolute Gasteiger partial charge is 0.356 e. The van der Waals surface area contributed by atoms with Gasteiger partial charge in [-0.3, -0.25) is 0 Å². The molecule has 1 aromatic rings. The van der Waals surface area contributed by atoms with Crippen molar-refractivity contribution in [3.8, 4) is 0 Å². The number of nitrogens with zero attached hydrogens (tertiary/aromatic N) is 3. The van der Waals surface area contributed by atoms with E-state index in [1.54, 1.807) is 0 Å². The summed E-state index contributed by atoms with van der Waals surface area (Å²) in [4.78, 5) is 11.5. The van der Waals surface area contributed by atoms with Crippen molar-refractivity contribution >= 4 is 17.4 Å². The fourth-order valence-electron chi connectivity index (χ4n) is 2.78. The first kappa shape index (κ1) is 15.6. The molecule has 0 N–H and O–H groups in total. The SMILES string of the molecule is CCCc1nc(Cl)c(C)c(N2CCC(C)(CC)CC2)n1. The van der Waals surface area contributed by atoms with Crippen LogP contribution in [0.4, 0.5) is 5.82 Å². The minimum absolute atomic E-state index is 0.494. The van der Waals surface area contributed by atoms with Crippen molar-refractivity contribution in [3.63, 3.8) is 0 Å². The second-order valence-electron chi connectivity index (χ2n) is 6.28. The van der Waals surface area contributed by atoms with E-state index in [0.29, 0.717) is 10.6 Å². The Kier molecular flexibility index (Phi) is 4.90. The Labute approximate surface area is 127 Å². The molecular weight excluding hydrogens is 270 g/mol. The molecule has 0 aromatic carbocycles. The van der Waals surface area contributed by atoms with Gasteiger partial charge in [-0.1, -0.05) is 38.8 Å². The molecule has 0 amide bonds. The van der Waals surface area contributed by atoms with Crippen LogP contribution < -0.4 is 4.90 Å². The number of anilines is 1. The first-order chi connectivity index (χ1) is 9.49. The number of halogens is 1. The molecule has 1 fully saturated rings. The van der Waals surface area contributed by atoms with E-state index in [2.05, 4.69) is 30.7 Å². The second-order valence-corrected chi connectivity index (χ2v) is 6.64. The van der Waals surface area contributed by atoms with Gasteiger partial charge in [0.25, 0.3) is 0 Å². The first-order valence-corrected chi connectivity index (χ1v) is 8.15. The number of hydrogen-bond acceptors (Lipinski definition) is 3. The van der Waals surface area contributed by atoms with Crippen molar-refractivity contribution in [1.82, 2.24) is 9.97 Å². The van der Waals surface area contributed by atoms with Gasteiger partial charge in [-0.2, -0.15) is 0 Å². The van der Waals surface area contributed by atoms with Crippen LogP contribution >= 0.6 is 11.6 Å². The minimum atomic E-state index is 0.494. The lowest BCUT2D eigenvalue weighted by Crippen LogP contribution is -2.39. The number of piperidine rings is 1. The predicted octanol–water partition coefficient (Wildman–Crippen LogP) is 4.41. The minimum Gasteiger partial charge on any atom is -0.356 e. The Morgan fingerprint density at radius 2 is 1.85 bits per heavy atom. The van der Waals surface area contributed by atoms with E-state index in [1.807, 2.05) is 6.92 Å². The van der Waals surface area contributed by atoms with Crippen LogP contribution in [0.15, 0.2) is 0 Å². The van der Waals surface area contributed by atoms with Crippen LogP contribution in [0.3, 0.4) is 0 Å². The average molecular weight is 296 g/mol. The van der Waals surface area contributed by atoms with Crippen LogP contribution in [0.5, 0.6) is 0 Å². The zero-order valence-corrected chi connectivity index (χ0v) is 13.9. The van der Waals surface area contributed by atoms with E-state index < -0.39 is 0 Å². The molecule has 112 valence electrons. The molecule has 1 saturated heterocycles. The molecule has 0 spiro atoms. The van der Waals surface area contributed by atoms with Gasteiger partial charge in [0.2, 0.25) is 0 Å². The molecule has 2 rings (SSSR count). The third-order valence-electron chi connectivity index (χ3n) is 4.70. The van der Waals surface area contributed by atoms with E-state index in [4.69, 9.17) is 16.6 Å². The predicted molar refractivity (Wildman–Crippen MR) is 85.6 cm³/mol. The van der Waals surface area contributed by atoms with E-state index in [1.165, 1.54) is 19.3 Å². The number of hydrogen-bond donors (Lipinski definition) is 0. The fraction of sp³-hybridized carbons (Fsp3) is 0.750. The van der Waals surface area contributed by atoms with Crippen LogP contribution in [0, 0.1) is 12.3 Å². The van der Waals surface area contributed by atoms with Crippen molar-refractivity contribution in [1.29, 1.82) is 0 Å². The Balaban J connectivity index is 2.20. The van der Waals surface area contributed by atoms with Gasteiger partial charge < -0.3 is 4.90 Å². The molecule has 0 aliphatic carbocycles. The maximum Gasteiger partial charge on any atom is 0.137 e. The van der Waals surface area contributed by atoms with Crippen molar-refractivity contribution < 1.29 is 0 Å². The zero-order chi connectivity index (χ0) is 14.8. The van der Waals surface area contributed by atoms with E-state index in [0.717, 1.165) is 43.1 Å². The molecule has 20 heavy (non-hydrogen) atoms. The van der Waals surface area contributed by atoms with Gasteiger partial charge in [-0.25, -0.2) is 9.97 Å². The highest BCUT2D eigenvalue weighted by atomic mass is 35.5. The van der Waals surface area contributed by atoms with Crippen molar-refractivity contribution in [2.24, 2.45) is 5.41 Å². The van der Waals surface area contributed by atoms with Gasteiger partial charge in [0.1, 0.15) is 16.8 Å². The highest BCUT2D eigenvalue weighted by molar-refractivity contribution is 6.30. The highest BCUT2D eigenvalue weighted by Gasteiger charge is 2.29. The lowest BCUT2D eigenvalue weighted by Gasteiger charge is -2.40. The van der Waals surface area contributed by atoms with Gasteiger partial charge in [-0.05, 0) is 31.6 Å². The Morgan fingerprint density at radius 1 is 1.20 bits per heavy atom. The maximum atomic E-state index is 6.28. The molecular formula is C16H26ClN3. The van der Waals surface area contributed by atoms with Crippen LogP contribution in [-0.2, 0) is 6.42 Å². The normalized spacial score (nSPS) is 18.4. The highest BCUT2D eigenvalue weighted by Crippen LogP contribution is 2.36. The summed E-state index contributed by atoms with van der Waals surface area (Å²) in [5.74, 6) is 1.92. The summed E-state index contributed by atoms with van der Waals surface area (Å²) in [5.41, 5.74) is 1.51. The number of aryl methyl sites for hydroxylation is 1. The summed E-state index contributed by atoms with van der Waals surface area (Å²) in [7, 11) is 0. The Hall–Kier alpha value is -0.830. The summed E-state index contributed by atoms with van der Waals surface area (Å²) < 4.78 is 0. The van der Waals surface area contributed by atoms with Crippen LogP contribution in [0.1, 0.15) is 57.8 Å². The molecule has 0 atom stereocenters. The fourth-order valence-corrected chi connectivity index (χ4v) is 2.96. The molecule has 0 radical (unpaired) electrons. The lowest BCUT2D eigenvalue weighted by molar-refractivity contribution is 0.237. The van der Waals surface area contributed by atoms with Gasteiger partial charge in [0, 0.05) is 25.1 Å². The smallest absolute Gasteiger partial charge is 0.137 e. The quantitative estimate of drug-likeness (QED) is 0.771. The third-order valence-corrected chi connectivity index (χ3v) is 5.07. The zero-order valence-electron chi connectivity index (χ0n) is 13.2. The topological polar surface area (TPSA) is 29.0 Å². The summed E-state index contributed by atoms with van der Waals surface area (Å²) in [6.07, 6.45) is 5.66. The van der Waals surface area contributed by atoms with Crippen molar-refractivity contribution in [2.75, 3.05) is 18.0 Å². The summed E-state index contributed by atoms with van der Waals surface area (Å²) in [6.45, 7) is 11.0. The second kappa shape index (κ2) is 6.30. The van der Waals surface area contributed by atoms with Crippen LogP contribution in [0.2, 0.25) is 5.15 Å². The van der Waals surface area contributed by atoms with Crippen LogP contribution in [0.25, 0.3) is 0 Å². The molecule has 3 nitrogen and oxygen atoms in total. The number of aromatic nitrogens is 2. The van der Waals surface area contributed by atoms with Gasteiger partial charge in [0.05, 0.1) is 0 Å². The van der Waals surface area contributed by atoms with Gasteiger partial charge >= 0.3 is 0 Å². The van der Waals surface area contributed by atoms with Gasteiger partial charge in [0.15, 0.2) is 0 Å². The molecule has 1 aromatic heterocycles. The summed E-state index contributed by atoms with van der Waals surface area (Å²) in [5, 5.41) is 0.613. The number of rotatable bonds is 4. The van der Waals surface area contributed by atoms with Crippen molar-refractivity contribution in [3.05, 3.63) is 16.5 Å². The summed E-state index contributed by atoms with van der Waals surface area (Å²) >= 11 is 6.28.